The van der Waals surface area contributed by atoms with Crippen LogP contribution in [-0.4, -0.2) is 40.9 Å². The molecular weight excluding hydrogens is 368 g/mol. The summed E-state index contributed by atoms with van der Waals surface area (Å²) in [7, 11) is 0. The maximum atomic E-state index is 12.7. The lowest BCUT2D eigenvalue weighted by molar-refractivity contribution is -0.140. The van der Waals surface area contributed by atoms with Gasteiger partial charge in [-0.3, -0.25) is 9.59 Å². The Morgan fingerprint density at radius 1 is 1.24 bits per heavy atom. The highest BCUT2D eigenvalue weighted by Gasteiger charge is 2.30. The SMILES string of the molecule is Cc1ccc(NC(=O)C2CCN(C(=O)C(C)Oc3ccccc3C#N)CC2)nc1. The van der Waals surface area contributed by atoms with Crippen LogP contribution in [0.3, 0.4) is 0 Å². The summed E-state index contributed by atoms with van der Waals surface area (Å²) in [6, 6.07) is 12.6. The molecule has 1 unspecified atom stereocenters. The second-order valence-corrected chi connectivity index (χ2v) is 7.18. The third-order valence-corrected chi connectivity index (χ3v) is 5.00. The topological polar surface area (TPSA) is 95.3 Å². The molecule has 2 heterocycles. The van der Waals surface area contributed by atoms with Gasteiger partial charge in [-0.15, -0.1) is 0 Å². The Morgan fingerprint density at radius 2 is 1.97 bits per heavy atom. The number of anilines is 1. The molecule has 0 bridgehead atoms. The van der Waals surface area contributed by atoms with Gasteiger partial charge in [-0.1, -0.05) is 18.2 Å². The highest BCUT2D eigenvalue weighted by atomic mass is 16.5. The van der Waals surface area contributed by atoms with Gasteiger partial charge in [0.15, 0.2) is 6.10 Å². The Labute approximate surface area is 170 Å². The van der Waals surface area contributed by atoms with Crippen LogP contribution < -0.4 is 10.1 Å². The van der Waals surface area contributed by atoms with Crippen molar-refractivity contribution in [2.24, 2.45) is 5.92 Å². The van der Waals surface area contributed by atoms with E-state index in [1.54, 1.807) is 48.4 Å². The highest BCUT2D eigenvalue weighted by molar-refractivity contribution is 5.92. The summed E-state index contributed by atoms with van der Waals surface area (Å²) in [6.45, 7) is 4.60. The first-order chi connectivity index (χ1) is 14.0. The Morgan fingerprint density at radius 3 is 2.62 bits per heavy atom. The number of likely N-dealkylation sites (tertiary alicyclic amines) is 1. The third kappa shape index (κ3) is 5.11. The van der Waals surface area contributed by atoms with Crippen molar-refractivity contribution in [2.75, 3.05) is 18.4 Å². The number of piperidine rings is 1. The van der Waals surface area contributed by atoms with Crippen molar-refractivity contribution in [2.45, 2.75) is 32.8 Å². The van der Waals surface area contributed by atoms with Crippen molar-refractivity contribution >= 4 is 17.6 Å². The van der Waals surface area contributed by atoms with E-state index in [2.05, 4.69) is 16.4 Å². The molecule has 1 aliphatic heterocycles. The molecule has 1 saturated heterocycles. The van der Waals surface area contributed by atoms with E-state index in [1.165, 1.54) is 0 Å². The van der Waals surface area contributed by atoms with Crippen molar-refractivity contribution in [3.63, 3.8) is 0 Å². The minimum atomic E-state index is -0.702. The van der Waals surface area contributed by atoms with Crippen molar-refractivity contribution in [1.29, 1.82) is 5.26 Å². The lowest BCUT2D eigenvalue weighted by Crippen LogP contribution is -2.46. The number of pyridine rings is 1. The van der Waals surface area contributed by atoms with Crippen molar-refractivity contribution in [1.82, 2.24) is 9.88 Å². The number of ether oxygens (including phenoxy) is 1. The summed E-state index contributed by atoms with van der Waals surface area (Å²) < 4.78 is 5.71. The first kappa shape index (κ1) is 20.3. The summed E-state index contributed by atoms with van der Waals surface area (Å²) in [5.41, 5.74) is 1.43. The molecule has 7 heteroatoms. The molecule has 150 valence electrons. The van der Waals surface area contributed by atoms with Crippen LogP contribution in [0.5, 0.6) is 5.75 Å². The molecule has 0 aliphatic carbocycles. The Bertz CT molecular complexity index is 912. The second-order valence-electron chi connectivity index (χ2n) is 7.18. The number of nitrogens with one attached hydrogen (secondary N) is 1. The van der Waals surface area contributed by atoms with E-state index >= 15 is 0 Å². The van der Waals surface area contributed by atoms with Gasteiger partial charge < -0.3 is 15.0 Å². The monoisotopic (exact) mass is 392 g/mol. The molecule has 2 amide bonds. The summed E-state index contributed by atoms with van der Waals surface area (Å²) in [5.74, 6) is 0.572. The maximum absolute atomic E-state index is 12.7. The number of para-hydroxylation sites is 1. The molecule has 0 saturated carbocycles. The van der Waals surface area contributed by atoms with Gasteiger partial charge in [0.05, 0.1) is 5.56 Å². The fourth-order valence-electron chi connectivity index (χ4n) is 3.29. The minimum absolute atomic E-state index is 0.0688. The maximum Gasteiger partial charge on any atom is 0.263 e. The molecule has 0 spiro atoms. The summed E-state index contributed by atoms with van der Waals surface area (Å²) in [4.78, 5) is 31.1. The molecule has 2 aromatic rings. The summed E-state index contributed by atoms with van der Waals surface area (Å²) in [5, 5.41) is 12.0. The third-order valence-electron chi connectivity index (χ3n) is 5.00. The average molecular weight is 392 g/mol. The first-order valence-corrected chi connectivity index (χ1v) is 9.66. The molecule has 3 rings (SSSR count). The van der Waals surface area contributed by atoms with Gasteiger partial charge in [-0.05, 0) is 50.5 Å². The minimum Gasteiger partial charge on any atom is -0.480 e. The Balaban J connectivity index is 1.51. The summed E-state index contributed by atoms with van der Waals surface area (Å²) >= 11 is 0. The predicted octanol–water partition coefficient (Wildman–Crippen LogP) is 2.91. The van der Waals surface area contributed by atoms with E-state index < -0.39 is 6.10 Å². The average Bonchev–Trinajstić information content (AvgIpc) is 2.75. The van der Waals surface area contributed by atoms with Gasteiger partial charge in [-0.25, -0.2) is 4.98 Å². The van der Waals surface area contributed by atoms with E-state index in [9.17, 15) is 9.59 Å². The van der Waals surface area contributed by atoms with Crippen LogP contribution >= 0.6 is 0 Å². The number of amides is 2. The van der Waals surface area contributed by atoms with Crippen LogP contribution in [0.15, 0.2) is 42.6 Å². The first-order valence-electron chi connectivity index (χ1n) is 9.66. The van der Waals surface area contributed by atoms with Gasteiger partial charge in [0.1, 0.15) is 17.6 Å². The number of hydrogen-bond acceptors (Lipinski definition) is 5. The quantitative estimate of drug-likeness (QED) is 0.844. The number of nitriles is 1. The fraction of sp³-hybridized carbons (Fsp3) is 0.364. The molecule has 1 aliphatic rings. The molecule has 1 atom stereocenters. The number of aryl methyl sites for hydroxylation is 1. The van der Waals surface area contributed by atoms with E-state index in [-0.39, 0.29) is 17.7 Å². The number of carbonyl (C=O) groups is 2. The van der Waals surface area contributed by atoms with Gasteiger partial charge in [0.2, 0.25) is 5.91 Å². The van der Waals surface area contributed by atoms with Crippen LogP contribution in [0, 0.1) is 24.2 Å². The van der Waals surface area contributed by atoms with Crippen LogP contribution in [0.2, 0.25) is 0 Å². The second kappa shape index (κ2) is 9.20. The molecule has 1 aromatic carbocycles. The van der Waals surface area contributed by atoms with E-state index in [4.69, 9.17) is 10.00 Å². The molecular formula is C22H24N4O3. The zero-order chi connectivity index (χ0) is 20.8. The largest absolute Gasteiger partial charge is 0.480 e. The zero-order valence-corrected chi connectivity index (χ0v) is 16.6. The highest BCUT2D eigenvalue weighted by Crippen LogP contribution is 2.22. The van der Waals surface area contributed by atoms with Gasteiger partial charge >= 0.3 is 0 Å². The van der Waals surface area contributed by atoms with E-state index in [0.29, 0.717) is 43.1 Å². The zero-order valence-electron chi connectivity index (χ0n) is 16.6. The van der Waals surface area contributed by atoms with Crippen LogP contribution in [0.25, 0.3) is 0 Å². The number of benzene rings is 1. The Hall–Kier alpha value is -3.40. The number of aromatic nitrogens is 1. The molecule has 7 nitrogen and oxygen atoms in total. The van der Waals surface area contributed by atoms with Gasteiger partial charge in [0, 0.05) is 25.2 Å². The molecule has 0 radical (unpaired) electrons. The lowest BCUT2D eigenvalue weighted by Gasteiger charge is -2.33. The van der Waals surface area contributed by atoms with Crippen molar-refractivity contribution < 1.29 is 14.3 Å². The van der Waals surface area contributed by atoms with Crippen LogP contribution in [-0.2, 0) is 9.59 Å². The molecule has 29 heavy (non-hydrogen) atoms. The van der Waals surface area contributed by atoms with Crippen molar-refractivity contribution in [3.05, 3.63) is 53.7 Å². The van der Waals surface area contributed by atoms with Crippen molar-refractivity contribution in [3.8, 4) is 11.8 Å². The number of hydrogen-bond donors (Lipinski definition) is 1. The normalized spacial score (nSPS) is 15.3. The van der Waals surface area contributed by atoms with Crippen LogP contribution in [0.1, 0.15) is 30.9 Å². The van der Waals surface area contributed by atoms with E-state index in [1.807, 2.05) is 13.0 Å². The number of rotatable bonds is 5. The van der Waals surface area contributed by atoms with E-state index in [0.717, 1.165) is 5.56 Å². The molecule has 1 aromatic heterocycles. The van der Waals surface area contributed by atoms with Crippen LogP contribution in [0.4, 0.5) is 5.82 Å². The predicted molar refractivity (Wildman–Crippen MR) is 108 cm³/mol. The summed E-state index contributed by atoms with van der Waals surface area (Å²) in [6.07, 6.45) is 2.19. The van der Waals surface area contributed by atoms with Gasteiger partial charge in [0.25, 0.3) is 5.91 Å². The smallest absolute Gasteiger partial charge is 0.263 e. The molecule has 1 fully saturated rings. The Kier molecular flexibility index (Phi) is 6.45. The fourth-order valence-corrected chi connectivity index (χ4v) is 3.29. The molecule has 1 N–H and O–H groups in total. The van der Waals surface area contributed by atoms with Gasteiger partial charge in [-0.2, -0.15) is 5.26 Å². The number of carbonyl (C=O) groups excluding carboxylic acids is 2. The lowest BCUT2D eigenvalue weighted by atomic mass is 9.95. The standard InChI is InChI=1S/C22H24N4O3/c1-15-7-8-20(24-14-15)25-21(27)17-9-11-26(12-10-17)22(28)16(2)29-19-6-4-3-5-18(19)13-23/h3-8,14,16-17H,9-12H2,1-2H3,(H,24,25,27). The number of nitrogens with zero attached hydrogens (tertiary/aromatic N) is 3.